The number of hydrogen-bond acceptors (Lipinski definition) is 2. The van der Waals surface area contributed by atoms with E-state index in [1.165, 1.54) is 6.42 Å². The smallest absolute Gasteiger partial charge is 0.317 e. The molecule has 0 spiro atoms. The molecule has 2 atom stereocenters. The van der Waals surface area contributed by atoms with E-state index in [4.69, 9.17) is 0 Å². The van der Waals surface area contributed by atoms with E-state index in [0.29, 0.717) is 6.04 Å². The molecule has 13 heavy (non-hydrogen) atoms. The number of hydrogen-bond donors (Lipinski definition) is 2. The molecule has 76 valence electrons. The predicted octanol–water partition coefficient (Wildman–Crippen LogP) is 0.398. The van der Waals surface area contributed by atoms with E-state index in [-0.39, 0.29) is 12.1 Å². The van der Waals surface area contributed by atoms with Gasteiger partial charge in [-0.3, -0.25) is 0 Å². The van der Waals surface area contributed by atoms with Crippen LogP contribution in [-0.2, 0) is 0 Å². The van der Waals surface area contributed by atoms with Crippen LogP contribution in [-0.4, -0.2) is 43.7 Å². The predicted molar refractivity (Wildman–Crippen MR) is 52.7 cm³/mol. The number of nitrogens with one attached hydrogen (secondary N) is 2. The van der Waals surface area contributed by atoms with Crippen LogP contribution in [0.25, 0.3) is 0 Å². The SMILES string of the molecule is CC(NC(=O)N(C)C)C1CCCN1. The summed E-state index contributed by atoms with van der Waals surface area (Å²) in [5, 5.41) is 6.31. The van der Waals surface area contributed by atoms with Crippen molar-refractivity contribution in [3.8, 4) is 0 Å². The fourth-order valence-electron chi connectivity index (χ4n) is 1.56. The first-order valence-corrected chi connectivity index (χ1v) is 4.82. The lowest BCUT2D eigenvalue weighted by Gasteiger charge is -2.22. The molecule has 1 heterocycles. The van der Waals surface area contributed by atoms with Crippen LogP contribution in [0.4, 0.5) is 4.79 Å². The van der Waals surface area contributed by atoms with Crippen molar-refractivity contribution in [3.05, 3.63) is 0 Å². The lowest BCUT2D eigenvalue weighted by Crippen LogP contribution is -2.48. The highest BCUT2D eigenvalue weighted by Gasteiger charge is 2.22. The Hall–Kier alpha value is -0.770. The second kappa shape index (κ2) is 4.46. The number of rotatable bonds is 2. The maximum atomic E-state index is 11.3. The molecule has 4 nitrogen and oxygen atoms in total. The Labute approximate surface area is 79.7 Å². The van der Waals surface area contributed by atoms with Crippen LogP contribution in [0, 0.1) is 0 Å². The van der Waals surface area contributed by atoms with Crippen LogP contribution < -0.4 is 10.6 Å². The third-order valence-corrected chi connectivity index (χ3v) is 2.46. The van der Waals surface area contributed by atoms with Gasteiger partial charge in [0.1, 0.15) is 0 Å². The van der Waals surface area contributed by atoms with Crippen LogP contribution in [0.5, 0.6) is 0 Å². The first kappa shape index (κ1) is 10.3. The first-order chi connectivity index (χ1) is 6.11. The van der Waals surface area contributed by atoms with E-state index in [9.17, 15) is 4.79 Å². The van der Waals surface area contributed by atoms with Crippen LogP contribution >= 0.6 is 0 Å². The number of nitrogens with zero attached hydrogens (tertiary/aromatic N) is 1. The lowest BCUT2D eigenvalue weighted by molar-refractivity contribution is 0.211. The molecule has 1 aliphatic rings. The summed E-state index contributed by atoms with van der Waals surface area (Å²) in [6.45, 7) is 3.12. The minimum atomic E-state index is -0.0128. The third kappa shape index (κ3) is 2.88. The van der Waals surface area contributed by atoms with Crippen molar-refractivity contribution in [1.82, 2.24) is 15.5 Å². The molecule has 2 amide bonds. The summed E-state index contributed by atoms with van der Waals surface area (Å²) in [7, 11) is 3.51. The molecule has 2 unspecified atom stereocenters. The molecule has 1 saturated heterocycles. The van der Waals surface area contributed by atoms with Crippen LogP contribution in [0.1, 0.15) is 19.8 Å². The Bertz CT molecular complexity index is 176. The second-order valence-electron chi connectivity index (χ2n) is 3.84. The molecule has 0 saturated carbocycles. The Morgan fingerprint density at radius 1 is 1.62 bits per heavy atom. The normalized spacial score (nSPS) is 24.1. The Kier molecular flexibility index (Phi) is 3.54. The van der Waals surface area contributed by atoms with Crippen molar-refractivity contribution >= 4 is 6.03 Å². The summed E-state index contributed by atoms with van der Waals surface area (Å²) in [5.41, 5.74) is 0. The van der Waals surface area contributed by atoms with Crippen molar-refractivity contribution in [2.24, 2.45) is 0 Å². The van der Waals surface area contributed by atoms with E-state index < -0.39 is 0 Å². The van der Waals surface area contributed by atoms with Crippen molar-refractivity contribution < 1.29 is 4.79 Å². The van der Waals surface area contributed by atoms with Gasteiger partial charge in [0, 0.05) is 26.2 Å². The molecule has 0 bridgehead atoms. The van der Waals surface area contributed by atoms with Gasteiger partial charge in [0.25, 0.3) is 0 Å². The molecule has 1 aliphatic heterocycles. The molecule has 0 aromatic rings. The van der Waals surface area contributed by atoms with E-state index in [0.717, 1.165) is 13.0 Å². The molecule has 1 fully saturated rings. The average Bonchev–Trinajstić information content (AvgIpc) is 2.55. The van der Waals surface area contributed by atoms with E-state index in [2.05, 4.69) is 10.6 Å². The largest absolute Gasteiger partial charge is 0.334 e. The van der Waals surface area contributed by atoms with E-state index in [1.54, 1.807) is 19.0 Å². The van der Waals surface area contributed by atoms with Crippen molar-refractivity contribution in [2.45, 2.75) is 31.8 Å². The van der Waals surface area contributed by atoms with Gasteiger partial charge in [-0.25, -0.2) is 4.79 Å². The minimum Gasteiger partial charge on any atom is -0.334 e. The zero-order valence-electron chi connectivity index (χ0n) is 8.63. The Morgan fingerprint density at radius 3 is 2.77 bits per heavy atom. The van der Waals surface area contributed by atoms with Crippen LogP contribution in [0.3, 0.4) is 0 Å². The monoisotopic (exact) mass is 185 g/mol. The van der Waals surface area contributed by atoms with Gasteiger partial charge in [-0.15, -0.1) is 0 Å². The highest BCUT2D eigenvalue weighted by molar-refractivity contribution is 5.73. The molecule has 4 heteroatoms. The maximum absolute atomic E-state index is 11.3. The molecule has 0 aromatic carbocycles. The zero-order chi connectivity index (χ0) is 9.84. The molecule has 0 aromatic heterocycles. The van der Waals surface area contributed by atoms with Crippen molar-refractivity contribution in [3.63, 3.8) is 0 Å². The molecule has 2 N–H and O–H groups in total. The molecule has 1 rings (SSSR count). The number of carbonyl (C=O) groups is 1. The van der Waals surface area contributed by atoms with Gasteiger partial charge in [0.15, 0.2) is 0 Å². The summed E-state index contributed by atoms with van der Waals surface area (Å²) in [4.78, 5) is 12.9. The lowest BCUT2D eigenvalue weighted by atomic mass is 10.1. The van der Waals surface area contributed by atoms with Crippen molar-refractivity contribution in [1.29, 1.82) is 0 Å². The molecule has 0 radical (unpaired) electrons. The van der Waals surface area contributed by atoms with Gasteiger partial charge in [-0.2, -0.15) is 0 Å². The quantitative estimate of drug-likeness (QED) is 0.654. The molecular formula is C9H19N3O. The van der Waals surface area contributed by atoms with Gasteiger partial charge in [0.2, 0.25) is 0 Å². The second-order valence-corrected chi connectivity index (χ2v) is 3.84. The molecular weight excluding hydrogens is 166 g/mol. The average molecular weight is 185 g/mol. The topological polar surface area (TPSA) is 44.4 Å². The minimum absolute atomic E-state index is 0.0128. The van der Waals surface area contributed by atoms with Crippen molar-refractivity contribution in [2.75, 3.05) is 20.6 Å². The van der Waals surface area contributed by atoms with Gasteiger partial charge in [0.05, 0.1) is 0 Å². The maximum Gasteiger partial charge on any atom is 0.317 e. The van der Waals surface area contributed by atoms with Gasteiger partial charge >= 0.3 is 6.03 Å². The summed E-state index contributed by atoms with van der Waals surface area (Å²) in [5.74, 6) is 0. The summed E-state index contributed by atoms with van der Waals surface area (Å²) >= 11 is 0. The number of amides is 2. The van der Waals surface area contributed by atoms with Crippen LogP contribution in [0.15, 0.2) is 0 Å². The fraction of sp³-hybridized carbons (Fsp3) is 0.889. The number of carbonyl (C=O) groups excluding carboxylic acids is 1. The third-order valence-electron chi connectivity index (χ3n) is 2.46. The van der Waals surface area contributed by atoms with Gasteiger partial charge in [-0.1, -0.05) is 0 Å². The summed E-state index contributed by atoms with van der Waals surface area (Å²) in [6, 6.07) is 0.655. The first-order valence-electron chi connectivity index (χ1n) is 4.82. The molecule has 0 aliphatic carbocycles. The highest BCUT2D eigenvalue weighted by atomic mass is 16.2. The highest BCUT2D eigenvalue weighted by Crippen LogP contribution is 2.08. The standard InChI is InChI=1S/C9H19N3O/c1-7(8-5-4-6-10-8)11-9(13)12(2)3/h7-8,10H,4-6H2,1-3H3,(H,11,13). The van der Waals surface area contributed by atoms with Crippen LogP contribution in [0.2, 0.25) is 0 Å². The Morgan fingerprint density at radius 2 is 2.31 bits per heavy atom. The summed E-state index contributed by atoms with van der Waals surface area (Å²) in [6.07, 6.45) is 2.38. The summed E-state index contributed by atoms with van der Waals surface area (Å²) < 4.78 is 0. The Balaban J connectivity index is 2.31. The zero-order valence-corrected chi connectivity index (χ0v) is 8.63. The fourth-order valence-corrected chi connectivity index (χ4v) is 1.56. The van der Waals surface area contributed by atoms with E-state index >= 15 is 0 Å². The van der Waals surface area contributed by atoms with E-state index in [1.807, 2.05) is 6.92 Å². The van der Waals surface area contributed by atoms with Gasteiger partial charge < -0.3 is 15.5 Å². The van der Waals surface area contributed by atoms with Gasteiger partial charge in [-0.05, 0) is 26.3 Å². The number of urea groups is 1.